The van der Waals surface area contributed by atoms with Gasteiger partial charge in [0, 0.05) is 25.7 Å². The normalized spacial score (nSPS) is 11.3. The standard InChI is InChI=1S/C15H26N2O/c1-12(2)16-8-9-17(4)11-14-7-6-13(3)15(10-14)18-5/h6-7,10,12,16H,8-9,11H2,1-5H3. The highest BCUT2D eigenvalue weighted by molar-refractivity contribution is 5.36. The average Bonchev–Trinajstić information content (AvgIpc) is 2.31. The lowest BCUT2D eigenvalue weighted by atomic mass is 10.1. The van der Waals surface area contributed by atoms with Crippen LogP contribution >= 0.6 is 0 Å². The first-order chi connectivity index (χ1) is 8.52. The number of ether oxygens (including phenoxy) is 1. The minimum atomic E-state index is 0.554. The predicted octanol–water partition coefficient (Wildman–Crippen LogP) is 2.43. The van der Waals surface area contributed by atoms with Gasteiger partial charge in [0.2, 0.25) is 0 Å². The Bertz CT molecular complexity index is 364. The second-order valence-corrected chi connectivity index (χ2v) is 5.15. The fraction of sp³-hybridized carbons (Fsp3) is 0.600. The molecule has 1 rings (SSSR count). The summed E-state index contributed by atoms with van der Waals surface area (Å²) in [6, 6.07) is 6.97. The van der Waals surface area contributed by atoms with Gasteiger partial charge in [0.05, 0.1) is 7.11 Å². The molecular weight excluding hydrogens is 224 g/mol. The molecule has 0 aliphatic heterocycles. The summed E-state index contributed by atoms with van der Waals surface area (Å²) in [6.07, 6.45) is 0. The van der Waals surface area contributed by atoms with Gasteiger partial charge in [-0.05, 0) is 31.2 Å². The first-order valence-electron chi connectivity index (χ1n) is 6.58. The van der Waals surface area contributed by atoms with Gasteiger partial charge in [0.25, 0.3) is 0 Å². The number of aryl methyl sites for hydroxylation is 1. The van der Waals surface area contributed by atoms with E-state index in [1.54, 1.807) is 7.11 Å². The summed E-state index contributed by atoms with van der Waals surface area (Å²) in [6.45, 7) is 9.44. The molecule has 0 atom stereocenters. The largest absolute Gasteiger partial charge is 0.496 e. The molecule has 0 unspecified atom stereocenters. The molecular formula is C15H26N2O. The summed E-state index contributed by atoms with van der Waals surface area (Å²) in [5.74, 6) is 0.973. The average molecular weight is 250 g/mol. The van der Waals surface area contributed by atoms with Crippen molar-refractivity contribution in [2.75, 3.05) is 27.2 Å². The number of likely N-dealkylation sites (N-methyl/N-ethyl adjacent to an activating group) is 1. The number of nitrogens with one attached hydrogen (secondary N) is 1. The molecule has 0 fully saturated rings. The maximum absolute atomic E-state index is 5.35. The Labute approximate surface area is 111 Å². The molecule has 0 heterocycles. The number of methoxy groups -OCH3 is 1. The van der Waals surface area contributed by atoms with E-state index in [1.165, 1.54) is 11.1 Å². The summed E-state index contributed by atoms with van der Waals surface area (Å²) >= 11 is 0. The highest BCUT2D eigenvalue weighted by Crippen LogP contribution is 2.19. The maximum atomic E-state index is 5.35. The lowest BCUT2D eigenvalue weighted by Gasteiger charge is -2.18. The number of rotatable bonds is 7. The third-order valence-electron chi connectivity index (χ3n) is 2.97. The fourth-order valence-corrected chi connectivity index (χ4v) is 1.90. The van der Waals surface area contributed by atoms with Crippen LogP contribution in [0.15, 0.2) is 18.2 Å². The zero-order valence-corrected chi connectivity index (χ0v) is 12.3. The van der Waals surface area contributed by atoms with E-state index in [1.807, 2.05) is 0 Å². The second-order valence-electron chi connectivity index (χ2n) is 5.15. The molecule has 0 saturated carbocycles. The van der Waals surface area contributed by atoms with Crippen LogP contribution in [0.5, 0.6) is 5.75 Å². The molecule has 18 heavy (non-hydrogen) atoms. The van der Waals surface area contributed by atoms with E-state index in [0.717, 1.165) is 25.4 Å². The van der Waals surface area contributed by atoms with Gasteiger partial charge >= 0.3 is 0 Å². The van der Waals surface area contributed by atoms with Crippen molar-refractivity contribution in [2.24, 2.45) is 0 Å². The number of benzene rings is 1. The molecule has 102 valence electrons. The van der Waals surface area contributed by atoms with E-state index in [9.17, 15) is 0 Å². The first kappa shape index (κ1) is 15.0. The minimum Gasteiger partial charge on any atom is -0.496 e. The Balaban J connectivity index is 2.46. The zero-order valence-electron chi connectivity index (χ0n) is 12.3. The van der Waals surface area contributed by atoms with Gasteiger partial charge in [0.15, 0.2) is 0 Å². The smallest absolute Gasteiger partial charge is 0.122 e. The van der Waals surface area contributed by atoms with Gasteiger partial charge in [-0.15, -0.1) is 0 Å². The van der Waals surface area contributed by atoms with Crippen molar-refractivity contribution >= 4 is 0 Å². The van der Waals surface area contributed by atoms with Crippen molar-refractivity contribution in [3.8, 4) is 5.75 Å². The fourth-order valence-electron chi connectivity index (χ4n) is 1.90. The first-order valence-corrected chi connectivity index (χ1v) is 6.58. The van der Waals surface area contributed by atoms with Crippen LogP contribution in [0, 0.1) is 6.92 Å². The summed E-state index contributed by atoms with van der Waals surface area (Å²) in [5, 5.41) is 3.43. The molecule has 3 heteroatoms. The SMILES string of the molecule is COc1cc(CN(C)CCNC(C)C)ccc1C. The summed E-state index contributed by atoms with van der Waals surface area (Å²) in [5.41, 5.74) is 2.48. The molecule has 0 aliphatic rings. The zero-order chi connectivity index (χ0) is 13.5. The Morgan fingerprint density at radius 2 is 2.06 bits per heavy atom. The molecule has 1 aromatic carbocycles. The third-order valence-corrected chi connectivity index (χ3v) is 2.97. The van der Waals surface area contributed by atoms with Crippen molar-refractivity contribution in [3.63, 3.8) is 0 Å². The minimum absolute atomic E-state index is 0.554. The molecule has 1 N–H and O–H groups in total. The Morgan fingerprint density at radius 1 is 1.33 bits per heavy atom. The van der Waals surface area contributed by atoms with E-state index in [-0.39, 0.29) is 0 Å². The van der Waals surface area contributed by atoms with Crippen LogP contribution in [0.25, 0.3) is 0 Å². The number of hydrogen-bond acceptors (Lipinski definition) is 3. The highest BCUT2D eigenvalue weighted by Gasteiger charge is 2.04. The van der Waals surface area contributed by atoms with E-state index < -0.39 is 0 Å². The molecule has 0 bridgehead atoms. The van der Waals surface area contributed by atoms with E-state index in [0.29, 0.717) is 6.04 Å². The van der Waals surface area contributed by atoms with Crippen LogP contribution in [0.4, 0.5) is 0 Å². The summed E-state index contributed by atoms with van der Waals surface area (Å²) in [4.78, 5) is 2.32. The summed E-state index contributed by atoms with van der Waals surface area (Å²) in [7, 11) is 3.87. The van der Waals surface area contributed by atoms with Crippen LogP contribution in [-0.4, -0.2) is 38.2 Å². The molecule has 0 spiro atoms. The van der Waals surface area contributed by atoms with Crippen LogP contribution in [-0.2, 0) is 6.54 Å². The molecule has 0 amide bonds. The molecule has 3 nitrogen and oxygen atoms in total. The predicted molar refractivity (Wildman–Crippen MR) is 77.2 cm³/mol. The van der Waals surface area contributed by atoms with Crippen LogP contribution in [0.3, 0.4) is 0 Å². The summed E-state index contributed by atoms with van der Waals surface area (Å²) < 4.78 is 5.35. The topological polar surface area (TPSA) is 24.5 Å². The monoisotopic (exact) mass is 250 g/mol. The van der Waals surface area contributed by atoms with Crippen molar-refractivity contribution in [1.82, 2.24) is 10.2 Å². The lowest BCUT2D eigenvalue weighted by molar-refractivity contribution is 0.319. The number of hydrogen-bond donors (Lipinski definition) is 1. The van der Waals surface area contributed by atoms with Crippen molar-refractivity contribution < 1.29 is 4.74 Å². The van der Waals surface area contributed by atoms with E-state index in [4.69, 9.17) is 4.74 Å². The van der Waals surface area contributed by atoms with Gasteiger partial charge in [0.1, 0.15) is 5.75 Å². The molecule has 0 saturated heterocycles. The van der Waals surface area contributed by atoms with Gasteiger partial charge in [-0.1, -0.05) is 26.0 Å². The second kappa shape index (κ2) is 7.39. The van der Waals surface area contributed by atoms with Crippen LogP contribution < -0.4 is 10.1 Å². The maximum Gasteiger partial charge on any atom is 0.122 e. The van der Waals surface area contributed by atoms with Gasteiger partial charge in [-0.2, -0.15) is 0 Å². The highest BCUT2D eigenvalue weighted by atomic mass is 16.5. The van der Waals surface area contributed by atoms with Gasteiger partial charge in [-0.25, -0.2) is 0 Å². The van der Waals surface area contributed by atoms with Crippen molar-refractivity contribution in [3.05, 3.63) is 29.3 Å². The Hall–Kier alpha value is -1.06. The van der Waals surface area contributed by atoms with Gasteiger partial charge < -0.3 is 15.0 Å². The third kappa shape index (κ3) is 5.07. The van der Waals surface area contributed by atoms with E-state index in [2.05, 4.69) is 56.2 Å². The lowest BCUT2D eigenvalue weighted by Crippen LogP contribution is -2.32. The molecule has 1 aromatic rings. The Morgan fingerprint density at radius 3 is 2.67 bits per heavy atom. The Kier molecular flexibility index (Phi) is 6.16. The van der Waals surface area contributed by atoms with E-state index >= 15 is 0 Å². The van der Waals surface area contributed by atoms with Crippen LogP contribution in [0.1, 0.15) is 25.0 Å². The molecule has 0 aliphatic carbocycles. The molecule has 0 radical (unpaired) electrons. The van der Waals surface area contributed by atoms with Crippen molar-refractivity contribution in [2.45, 2.75) is 33.4 Å². The van der Waals surface area contributed by atoms with Crippen LogP contribution in [0.2, 0.25) is 0 Å². The van der Waals surface area contributed by atoms with Gasteiger partial charge in [-0.3, -0.25) is 0 Å². The van der Waals surface area contributed by atoms with Crippen molar-refractivity contribution in [1.29, 1.82) is 0 Å². The molecule has 0 aromatic heterocycles. The number of nitrogens with zero attached hydrogens (tertiary/aromatic N) is 1. The quantitative estimate of drug-likeness (QED) is 0.804.